The predicted molar refractivity (Wildman–Crippen MR) is 94.8 cm³/mol. The van der Waals surface area contributed by atoms with E-state index >= 15 is 0 Å². The van der Waals surface area contributed by atoms with Crippen LogP contribution in [0.15, 0.2) is 29.8 Å². The molecule has 2 heterocycles. The standard InChI is InChI=1S/C17H17F3N4O3S/c18-17(19,20)12-3-1-2-4-13(12)27-9-14(25)24-7-5-11(6-8-24)15(26)22-16-23-21-10-28-16/h1-4,10-11H,5-9H2,(H,22,23,26). The van der Waals surface area contributed by atoms with Crippen molar-refractivity contribution in [3.05, 3.63) is 35.3 Å². The van der Waals surface area contributed by atoms with Gasteiger partial charge in [0.15, 0.2) is 6.61 Å². The van der Waals surface area contributed by atoms with Gasteiger partial charge >= 0.3 is 6.18 Å². The monoisotopic (exact) mass is 414 g/mol. The maximum atomic E-state index is 13.0. The maximum absolute atomic E-state index is 13.0. The number of likely N-dealkylation sites (tertiary alicyclic amines) is 1. The lowest BCUT2D eigenvalue weighted by Crippen LogP contribution is -2.43. The van der Waals surface area contributed by atoms with E-state index < -0.39 is 24.3 Å². The molecule has 0 unspecified atom stereocenters. The first-order chi connectivity index (χ1) is 13.3. The van der Waals surface area contributed by atoms with Crippen LogP contribution in [0.4, 0.5) is 18.3 Å². The van der Waals surface area contributed by atoms with Crippen molar-refractivity contribution < 1.29 is 27.5 Å². The van der Waals surface area contributed by atoms with Gasteiger partial charge in [-0.25, -0.2) is 0 Å². The fraction of sp³-hybridized carbons (Fsp3) is 0.412. The summed E-state index contributed by atoms with van der Waals surface area (Å²) < 4.78 is 44.0. The first-order valence-electron chi connectivity index (χ1n) is 8.48. The van der Waals surface area contributed by atoms with Crippen LogP contribution in [0.3, 0.4) is 0 Å². The fourth-order valence-electron chi connectivity index (χ4n) is 2.88. The van der Waals surface area contributed by atoms with Crippen LogP contribution in [0, 0.1) is 5.92 Å². The molecule has 0 radical (unpaired) electrons. The minimum Gasteiger partial charge on any atom is -0.483 e. The number of nitrogens with zero attached hydrogens (tertiary/aromatic N) is 3. The predicted octanol–water partition coefficient (Wildman–Crippen LogP) is 2.81. The average Bonchev–Trinajstić information content (AvgIpc) is 3.18. The van der Waals surface area contributed by atoms with Crippen LogP contribution >= 0.6 is 11.3 Å². The Balaban J connectivity index is 1.49. The Labute approximate surface area is 162 Å². The lowest BCUT2D eigenvalue weighted by atomic mass is 9.96. The van der Waals surface area contributed by atoms with Gasteiger partial charge in [-0.1, -0.05) is 23.5 Å². The van der Waals surface area contributed by atoms with Gasteiger partial charge in [0.2, 0.25) is 11.0 Å². The zero-order valence-electron chi connectivity index (χ0n) is 14.6. The first kappa shape index (κ1) is 20.1. The van der Waals surface area contributed by atoms with E-state index in [0.29, 0.717) is 31.1 Å². The van der Waals surface area contributed by atoms with Gasteiger partial charge < -0.3 is 15.0 Å². The van der Waals surface area contributed by atoms with Crippen LogP contribution in [0.1, 0.15) is 18.4 Å². The second-order valence-corrected chi connectivity index (χ2v) is 7.00. The second-order valence-electron chi connectivity index (χ2n) is 6.17. The summed E-state index contributed by atoms with van der Waals surface area (Å²) in [7, 11) is 0. The quantitative estimate of drug-likeness (QED) is 0.813. The third-order valence-corrected chi connectivity index (χ3v) is 4.96. The first-order valence-corrected chi connectivity index (χ1v) is 9.36. The van der Waals surface area contributed by atoms with Crippen molar-refractivity contribution in [3.8, 4) is 5.75 Å². The topological polar surface area (TPSA) is 84.4 Å². The van der Waals surface area contributed by atoms with Crippen molar-refractivity contribution in [3.63, 3.8) is 0 Å². The molecule has 11 heteroatoms. The number of alkyl halides is 3. The average molecular weight is 414 g/mol. The Hall–Kier alpha value is -2.69. The van der Waals surface area contributed by atoms with E-state index in [4.69, 9.17) is 4.74 Å². The highest BCUT2D eigenvalue weighted by Gasteiger charge is 2.34. The normalized spacial score (nSPS) is 15.3. The number of ether oxygens (including phenoxy) is 1. The SMILES string of the molecule is O=C(Nc1nncs1)C1CCN(C(=O)COc2ccccc2C(F)(F)F)CC1. The summed E-state index contributed by atoms with van der Waals surface area (Å²) in [6.07, 6.45) is -3.65. The third-order valence-electron chi connectivity index (χ3n) is 4.35. The van der Waals surface area contributed by atoms with E-state index in [-0.39, 0.29) is 17.6 Å². The number of aromatic nitrogens is 2. The molecule has 1 aliphatic rings. The lowest BCUT2D eigenvalue weighted by Gasteiger charge is -2.31. The molecule has 150 valence electrons. The summed E-state index contributed by atoms with van der Waals surface area (Å²) in [4.78, 5) is 25.9. The highest BCUT2D eigenvalue weighted by atomic mass is 32.1. The number of piperidine rings is 1. The molecule has 1 saturated heterocycles. The van der Waals surface area contributed by atoms with E-state index in [2.05, 4.69) is 15.5 Å². The molecule has 1 fully saturated rings. The Bertz CT molecular complexity index is 821. The number of nitrogens with one attached hydrogen (secondary N) is 1. The summed E-state index contributed by atoms with van der Waals surface area (Å²) in [6, 6.07) is 4.76. The number of anilines is 1. The Morgan fingerprint density at radius 3 is 2.61 bits per heavy atom. The van der Waals surface area contributed by atoms with E-state index in [0.717, 1.165) is 6.07 Å². The van der Waals surface area contributed by atoms with Gasteiger partial charge in [0.05, 0.1) is 5.56 Å². The molecular formula is C17H17F3N4O3S. The van der Waals surface area contributed by atoms with Crippen molar-refractivity contribution in [1.29, 1.82) is 0 Å². The molecular weight excluding hydrogens is 397 g/mol. The fourth-order valence-corrected chi connectivity index (χ4v) is 3.33. The minimum absolute atomic E-state index is 0.181. The number of carbonyl (C=O) groups excluding carboxylic acids is 2. The molecule has 1 aliphatic heterocycles. The number of amides is 2. The lowest BCUT2D eigenvalue weighted by molar-refractivity contribution is -0.141. The molecule has 0 spiro atoms. The third kappa shape index (κ3) is 4.97. The number of carbonyl (C=O) groups is 2. The molecule has 1 aromatic heterocycles. The van der Waals surface area contributed by atoms with Gasteiger partial charge in [0, 0.05) is 19.0 Å². The Morgan fingerprint density at radius 2 is 1.96 bits per heavy atom. The van der Waals surface area contributed by atoms with Crippen LogP contribution in [0.5, 0.6) is 5.75 Å². The van der Waals surface area contributed by atoms with E-state index in [1.54, 1.807) is 0 Å². The molecule has 0 bridgehead atoms. The van der Waals surface area contributed by atoms with Gasteiger partial charge in [-0.15, -0.1) is 10.2 Å². The van der Waals surface area contributed by atoms with Gasteiger partial charge in [-0.3, -0.25) is 9.59 Å². The van der Waals surface area contributed by atoms with Crippen molar-refractivity contribution in [2.24, 2.45) is 5.92 Å². The smallest absolute Gasteiger partial charge is 0.419 e. The van der Waals surface area contributed by atoms with Crippen LogP contribution in [-0.4, -0.2) is 46.6 Å². The second kappa shape index (κ2) is 8.55. The number of benzene rings is 1. The van der Waals surface area contributed by atoms with E-state index in [1.807, 2.05) is 0 Å². The van der Waals surface area contributed by atoms with Crippen molar-refractivity contribution in [2.75, 3.05) is 25.0 Å². The highest BCUT2D eigenvalue weighted by Crippen LogP contribution is 2.35. The molecule has 0 atom stereocenters. The molecule has 28 heavy (non-hydrogen) atoms. The zero-order valence-corrected chi connectivity index (χ0v) is 15.4. The molecule has 1 N–H and O–H groups in total. The highest BCUT2D eigenvalue weighted by molar-refractivity contribution is 7.13. The van der Waals surface area contributed by atoms with Gasteiger partial charge in [0.1, 0.15) is 11.3 Å². The van der Waals surface area contributed by atoms with E-state index in [9.17, 15) is 22.8 Å². The molecule has 0 aliphatic carbocycles. The van der Waals surface area contributed by atoms with Crippen molar-refractivity contribution in [1.82, 2.24) is 15.1 Å². The number of hydrogen-bond donors (Lipinski definition) is 1. The molecule has 7 nitrogen and oxygen atoms in total. The van der Waals surface area contributed by atoms with Crippen LogP contribution in [-0.2, 0) is 15.8 Å². The molecule has 0 saturated carbocycles. The number of rotatable bonds is 5. The largest absolute Gasteiger partial charge is 0.483 e. The molecule has 2 amide bonds. The Kier molecular flexibility index (Phi) is 6.12. The summed E-state index contributed by atoms with van der Waals surface area (Å²) in [6.45, 7) is 0.170. The summed E-state index contributed by atoms with van der Waals surface area (Å²) >= 11 is 1.21. The number of halogens is 3. The summed E-state index contributed by atoms with van der Waals surface area (Å²) in [5, 5.41) is 10.5. The maximum Gasteiger partial charge on any atom is 0.419 e. The van der Waals surface area contributed by atoms with Crippen LogP contribution < -0.4 is 10.1 Å². The summed E-state index contributed by atoms with van der Waals surface area (Å²) in [5.74, 6) is -1.24. The molecule has 2 aromatic rings. The Morgan fingerprint density at radius 1 is 1.25 bits per heavy atom. The van der Waals surface area contributed by atoms with Crippen LogP contribution in [0.2, 0.25) is 0 Å². The van der Waals surface area contributed by atoms with Gasteiger partial charge in [-0.2, -0.15) is 13.2 Å². The zero-order chi connectivity index (χ0) is 20.1. The minimum atomic E-state index is -4.56. The molecule has 1 aromatic carbocycles. The number of para-hydroxylation sites is 1. The summed E-state index contributed by atoms with van der Waals surface area (Å²) in [5.41, 5.74) is 0.586. The van der Waals surface area contributed by atoms with E-state index in [1.165, 1.54) is 39.9 Å². The van der Waals surface area contributed by atoms with Crippen molar-refractivity contribution >= 4 is 28.3 Å². The van der Waals surface area contributed by atoms with Crippen LogP contribution in [0.25, 0.3) is 0 Å². The number of hydrogen-bond acceptors (Lipinski definition) is 6. The van der Waals surface area contributed by atoms with Gasteiger partial charge in [0.25, 0.3) is 5.91 Å². The van der Waals surface area contributed by atoms with Crippen molar-refractivity contribution in [2.45, 2.75) is 19.0 Å². The molecule has 3 rings (SSSR count). The van der Waals surface area contributed by atoms with Gasteiger partial charge in [-0.05, 0) is 25.0 Å².